The van der Waals surface area contributed by atoms with Gasteiger partial charge in [0.2, 0.25) is 0 Å². The zero-order valence-corrected chi connectivity index (χ0v) is 8.27. The molecule has 0 aliphatic heterocycles. The summed E-state index contributed by atoms with van der Waals surface area (Å²) < 4.78 is 0. The summed E-state index contributed by atoms with van der Waals surface area (Å²) in [5, 5.41) is 8.86. The topological polar surface area (TPSA) is 49.7 Å². The third-order valence-corrected chi connectivity index (χ3v) is 1.65. The van der Waals surface area contributed by atoms with Crippen molar-refractivity contribution < 1.29 is 9.90 Å². The van der Waals surface area contributed by atoms with Crippen LogP contribution in [0.3, 0.4) is 0 Å². The van der Waals surface area contributed by atoms with Crippen molar-refractivity contribution in [1.82, 2.24) is 0 Å². The zero-order chi connectivity index (χ0) is 10.6. The van der Waals surface area contributed by atoms with Gasteiger partial charge in [-0.25, -0.2) is 4.79 Å². The molecule has 1 aromatic rings. The molecular formula is C11H13NO2. The number of para-hydroxylation sites is 1. The van der Waals surface area contributed by atoms with E-state index in [1.807, 2.05) is 13.8 Å². The van der Waals surface area contributed by atoms with Crippen LogP contribution in [0.4, 0.5) is 5.69 Å². The first-order valence-electron chi connectivity index (χ1n) is 4.47. The lowest BCUT2D eigenvalue weighted by Gasteiger charge is -2.00. The van der Waals surface area contributed by atoms with Gasteiger partial charge in [-0.1, -0.05) is 26.0 Å². The highest BCUT2D eigenvalue weighted by atomic mass is 16.4. The van der Waals surface area contributed by atoms with E-state index in [0.717, 1.165) is 0 Å². The van der Waals surface area contributed by atoms with Crippen LogP contribution in [0.5, 0.6) is 0 Å². The van der Waals surface area contributed by atoms with Crippen LogP contribution in [0.2, 0.25) is 0 Å². The van der Waals surface area contributed by atoms with Crippen molar-refractivity contribution in [3.8, 4) is 0 Å². The van der Waals surface area contributed by atoms with Crippen molar-refractivity contribution in [2.24, 2.45) is 10.9 Å². The monoisotopic (exact) mass is 191 g/mol. The molecule has 74 valence electrons. The highest BCUT2D eigenvalue weighted by molar-refractivity contribution is 5.94. The Morgan fingerprint density at radius 3 is 2.64 bits per heavy atom. The second-order valence-electron chi connectivity index (χ2n) is 3.34. The fourth-order valence-corrected chi connectivity index (χ4v) is 0.996. The highest BCUT2D eigenvalue weighted by Gasteiger charge is 2.06. The van der Waals surface area contributed by atoms with Crippen LogP contribution in [0.15, 0.2) is 29.3 Å². The van der Waals surface area contributed by atoms with Crippen molar-refractivity contribution in [2.75, 3.05) is 0 Å². The molecule has 1 rings (SSSR count). The summed E-state index contributed by atoms with van der Waals surface area (Å²) in [6, 6.07) is 6.72. The van der Waals surface area contributed by atoms with Gasteiger partial charge in [0.05, 0.1) is 11.3 Å². The Hall–Kier alpha value is -1.64. The van der Waals surface area contributed by atoms with E-state index in [2.05, 4.69) is 4.99 Å². The molecule has 0 aliphatic rings. The molecule has 1 aromatic carbocycles. The fourth-order valence-electron chi connectivity index (χ4n) is 0.996. The van der Waals surface area contributed by atoms with Gasteiger partial charge in [-0.05, 0) is 18.1 Å². The first-order valence-corrected chi connectivity index (χ1v) is 4.47. The average Bonchev–Trinajstić information content (AvgIpc) is 2.15. The van der Waals surface area contributed by atoms with Crippen molar-refractivity contribution >= 4 is 17.9 Å². The summed E-state index contributed by atoms with van der Waals surface area (Å²) in [4.78, 5) is 14.9. The van der Waals surface area contributed by atoms with Gasteiger partial charge in [0.25, 0.3) is 0 Å². The van der Waals surface area contributed by atoms with Crippen LogP contribution in [-0.4, -0.2) is 17.3 Å². The summed E-state index contributed by atoms with van der Waals surface area (Å²) in [7, 11) is 0. The Bertz CT molecular complexity index is 356. The third kappa shape index (κ3) is 2.69. The maximum Gasteiger partial charge on any atom is 0.337 e. The Balaban J connectivity index is 3.02. The highest BCUT2D eigenvalue weighted by Crippen LogP contribution is 2.18. The minimum absolute atomic E-state index is 0.240. The summed E-state index contributed by atoms with van der Waals surface area (Å²) >= 11 is 0. The molecule has 0 saturated carbocycles. The Morgan fingerprint density at radius 1 is 1.43 bits per heavy atom. The first kappa shape index (κ1) is 10.4. The van der Waals surface area contributed by atoms with Gasteiger partial charge in [0.15, 0.2) is 0 Å². The number of carboxylic acids is 1. The number of benzene rings is 1. The van der Waals surface area contributed by atoms with E-state index in [9.17, 15) is 4.79 Å². The third-order valence-electron chi connectivity index (χ3n) is 1.65. The standard InChI is InChI=1S/C11H13NO2/c1-8(2)7-12-10-6-4-3-5-9(10)11(13)14/h3-8H,1-2H3,(H,13,14). The van der Waals surface area contributed by atoms with Crippen molar-refractivity contribution in [2.45, 2.75) is 13.8 Å². The molecule has 0 unspecified atom stereocenters. The normalized spacial score (nSPS) is 11.1. The van der Waals surface area contributed by atoms with Gasteiger partial charge in [-0.2, -0.15) is 0 Å². The van der Waals surface area contributed by atoms with Gasteiger partial charge < -0.3 is 5.11 Å². The molecule has 3 heteroatoms. The smallest absolute Gasteiger partial charge is 0.337 e. The molecule has 0 bridgehead atoms. The number of hydrogen-bond acceptors (Lipinski definition) is 2. The summed E-state index contributed by atoms with van der Waals surface area (Å²) in [6.07, 6.45) is 1.74. The van der Waals surface area contributed by atoms with Gasteiger partial charge in [0, 0.05) is 6.21 Å². The summed E-state index contributed by atoms with van der Waals surface area (Å²) in [5.41, 5.74) is 0.748. The van der Waals surface area contributed by atoms with Gasteiger partial charge in [0.1, 0.15) is 0 Å². The van der Waals surface area contributed by atoms with Crippen LogP contribution in [0.25, 0.3) is 0 Å². The van der Waals surface area contributed by atoms with Gasteiger partial charge >= 0.3 is 5.97 Å². The SMILES string of the molecule is CC(C)C=Nc1ccccc1C(=O)O. The lowest BCUT2D eigenvalue weighted by molar-refractivity contribution is 0.0698. The number of aliphatic imine (C=N–C) groups is 1. The molecule has 0 fully saturated rings. The zero-order valence-electron chi connectivity index (χ0n) is 8.27. The number of rotatable bonds is 3. The lowest BCUT2D eigenvalue weighted by Crippen LogP contribution is -1.96. The molecule has 0 amide bonds. The second kappa shape index (κ2) is 4.56. The molecule has 0 radical (unpaired) electrons. The van der Waals surface area contributed by atoms with E-state index >= 15 is 0 Å². The Morgan fingerprint density at radius 2 is 2.07 bits per heavy atom. The predicted molar refractivity (Wildman–Crippen MR) is 56.4 cm³/mol. The number of nitrogens with zero attached hydrogens (tertiary/aromatic N) is 1. The molecule has 0 heterocycles. The van der Waals surface area contributed by atoms with Crippen molar-refractivity contribution in [1.29, 1.82) is 0 Å². The van der Waals surface area contributed by atoms with E-state index in [4.69, 9.17) is 5.11 Å². The second-order valence-corrected chi connectivity index (χ2v) is 3.34. The maximum atomic E-state index is 10.8. The molecular weight excluding hydrogens is 178 g/mol. The van der Waals surface area contributed by atoms with E-state index in [1.54, 1.807) is 30.5 Å². The van der Waals surface area contributed by atoms with Gasteiger partial charge in [-0.3, -0.25) is 4.99 Å². The average molecular weight is 191 g/mol. The molecule has 3 nitrogen and oxygen atoms in total. The first-order chi connectivity index (χ1) is 6.61. The number of aromatic carboxylic acids is 1. The molecule has 0 atom stereocenters. The predicted octanol–water partition coefficient (Wildman–Crippen LogP) is 2.74. The Kier molecular flexibility index (Phi) is 3.40. The molecule has 0 saturated heterocycles. The molecule has 0 spiro atoms. The van der Waals surface area contributed by atoms with Crippen LogP contribution >= 0.6 is 0 Å². The van der Waals surface area contributed by atoms with Crippen LogP contribution in [-0.2, 0) is 0 Å². The summed E-state index contributed by atoms with van der Waals surface area (Å²) in [6.45, 7) is 3.99. The molecule has 0 aromatic heterocycles. The van der Waals surface area contributed by atoms with Crippen molar-refractivity contribution in [3.63, 3.8) is 0 Å². The van der Waals surface area contributed by atoms with Crippen LogP contribution in [0.1, 0.15) is 24.2 Å². The van der Waals surface area contributed by atoms with E-state index in [0.29, 0.717) is 11.6 Å². The molecule has 14 heavy (non-hydrogen) atoms. The van der Waals surface area contributed by atoms with E-state index < -0.39 is 5.97 Å². The van der Waals surface area contributed by atoms with Gasteiger partial charge in [-0.15, -0.1) is 0 Å². The Labute approximate surface area is 83.1 Å². The van der Waals surface area contributed by atoms with Crippen molar-refractivity contribution in [3.05, 3.63) is 29.8 Å². The van der Waals surface area contributed by atoms with E-state index in [1.165, 1.54) is 0 Å². The number of carboxylic acid groups (broad SMARTS) is 1. The lowest BCUT2D eigenvalue weighted by atomic mass is 10.2. The molecule has 0 aliphatic carbocycles. The fraction of sp³-hybridized carbons (Fsp3) is 0.273. The minimum atomic E-state index is -0.943. The molecule has 1 N–H and O–H groups in total. The van der Waals surface area contributed by atoms with Crippen LogP contribution < -0.4 is 0 Å². The van der Waals surface area contributed by atoms with Crippen LogP contribution in [0, 0.1) is 5.92 Å². The van der Waals surface area contributed by atoms with E-state index in [-0.39, 0.29) is 5.56 Å². The largest absolute Gasteiger partial charge is 0.478 e. The maximum absolute atomic E-state index is 10.8. The summed E-state index contributed by atoms with van der Waals surface area (Å²) in [5.74, 6) is -0.627. The quantitative estimate of drug-likeness (QED) is 0.747. The number of hydrogen-bond donors (Lipinski definition) is 1. The minimum Gasteiger partial charge on any atom is -0.478 e. The number of carbonyl (C=O) groups is 1.